The minimum atomic E-state index is -2.68. The van der Waals surface area contributed by atoms with E-state index in [0.29, 0.717) is 5.56 Å². The van der Waals surface area contributed by atoms with Gasteiger partial charge in [-0.25, -0.2) is 9.18 Å². The Hall–Kier alpha value is -2.48. The van der Waals surface area contributed by atoms with Gasteiger partial charge in [-0.1, -0.05) is 36.0 Å². The number of rotatable bonds is 7. The second-order valence-corrected chi connectivity index (χ2v) is 6.30. The van der Waals surface area contributed by atoms with E-state index in [1.807, 2.05) is 0 Å². The van der Waals surface area contributed by atoms with E-state index in [-0.39, 0.29) is 34.6 Å². The molecule has 0 aliphatic heterocycles. The fourth-order valence-corrected chi connectivity index (χ4v) is 2.67. The number of alkyl halides is 2. The highest BCUT2D eigenvalue weighted by atomic mass is 32.2. The van der Waals surface area contributed by atoms with Crippen molar-refractivity contribution in [3.05, 3.63) is 65.5 Å². The van der Waals surface area contributed by atoms with Crippen LogP contribution in [0.4, 0.5) is 13.2 Å². The Morgan fingerprint density at radius 3 is 2.42 bits per heavy atom. The lowest BCUT2D eigenvalue weighted by Gasteiger charge is -2.15. The molecule has 0 aromatic heterocycles. The third-order valence-electron chi connectivity index (χ3n) is 3.36. The number of hydrogen-bond donors (Lipinski definition) is 1. The fraction of sp³-hybridized carbons (Fsp3) is 0.222. The molecule has 0 unspecified atom stereocenters. The van der Waals surface area contributed by atoms with Crippen LogP contribution in [0.1, 0.15) is 22.8 Å². The Balaban J connectivity index is 1.94. The first-order valence-corrected chi connectivity index (χ1v) is 8.51. The molecule has 0 aliphatic rings. The second kappa shape index (κ2) is 9.28. The lowest BCUT2D eigenvalue weighted by atomic mass is 10.2. The van der Waals surface area contributed by atoms with E-state index in [4.69, 9.17) is 4.74 Å². The van der Waals surface area contributed by atoms with E-state index in [1.54, 1.807) is 0 Å². The van der Waals surface area contributed by atoms with Crippen LogP contribution in [0.3, 0.4) is 0 Å². The van der Waals surface area contributed by atoms with E-state index < -0.39 is 23.7 Å². The van der Waals surface area contributed by atoms with Crippen molar-refractivity contribution in [3.8, 4) is 0 Å². The number of esters is 1. The largest absolute Gasteiger partial charge is 0.449 e. The first-order valence-electron chi connectivity index (χ1n) is 7.64. The molecule has 0 heterocycles. The number of nitrogens with one attached hydrogen (secondary N) is 1. The van der Waals surface area contributed by atoms with Crippen molar-refractivity contribution in [1.29, 1.82) is 0 Å². The number of carbonyl (C=O) groups is 2. The monoisotopic (exact) mass is 383 g/mol. The third-order valence-corrected chi connectivity index (χ3v) is 4.14. The standard InChI is InChI=1S/C18H16F3NO3S/c1-11(16(23)22-10-12-6-8-13(19)9-7-12)25-17(24)14-4-2-3-5-15(14)26-18(20)21/h2-9,11,18H,10H2,1H3,(H,22,23)/t11-/m0/s1. The molecule has 0 radical (unpaired) electrons. The van der Waals surface area contributed by atoms with Crippen LogP contribution in [-0.4, -0.2) is 23.7 Å². The van der Waals surface area contributed by atoms with Crippen LogP contribution in [0.25, 0.3) is 0 Å². The van der Waals surface area contributed by atoms with E-state index in [0.717, 1.165) is 0 Å². The smallest absolute Gasteiger partial charge is 0.340 e. The number of amides is 1. The summed E-state index contributed by atoms with van der Waals surface area (Å²) in [6.07, 6.45) is -1.12. The summed E-state index contributed by atoms with van der Waals surface area (Å²) in [5.74, 6) is -4.48. The highest BCUT2D eigenvalue weighted by molar-refractivity contribution is 7.99. The van der Waals surface area contributed by atoms with Crippen molar-refractivity contribution >= 4 is 23.6 Å². The fourth-order valence-electron chi connectivity index (χ4n) is 2.05. The van der Waals surface area contributed by atoms with Crippen LogP contribution in [0.5, 0.6) is 0 Å². The van der Waals surface area contributed by atoms with Crippen molar-refractivity contribution < 1.29 is 27.5 Å². The molecular formula is C18H16F3NO3S. The van der Waals surface area contributed by atoms with Gasteiger partial charge in [0.15, 0.2) is 6.10 Å². The predicted octanol–water partition coefficient (Wildman–Crippen LogP) is 4.00. The molecule has 0 saturated heterocycles. The van der Waals surface area contributed by atoms with Crippen molar-refractivity contribution in [3.63, 3.8) is 0 Å². The maximum atomic E-state index is 12.8. The molecule has 1 N–H and O–H groups in total. The minimum Gasteiger partial charge on any atom is -0.449 e. The average molecular weight is 383 g/mol. The Morgan fingerprint density at radius 2 is 1.77 bits per heavy atom. The van der Waals surface area contributed by atoms with Gasteiger partial charge in [-0.2, -0.15) is 8.78 Å². The number of hydrogen-bond acceptors (Lipinski definition) is 4. The molecule has 0 saturated carbocycles. The second-order valence-electron chi connectivity index (χ2n) is 5.27. The molecule has 1 amide bonds. The lowest BCUT2D eigenvalue weighted by Crippen LogP contribution is -2.35. The number of thioether (sulfide) groups is 1. The predicted molar refractivity (Wildman–Crippen MR) is 91.4 cm³/mol. The third kappa shape index (κ3) is 5.80. The summed E-state index contributed by atoms with van der Waals surface area (Å²) < 4.78 is 43.0. The van der Waals surface area contributed by atoms with Crippen LogP contribution >= 0.6 is 11.8 Å². The Bertz CT molecular complexity index is 769. The molecular weight excluding hydrogens is 367 g/mol. The van der Waals surface area contributed by atoms with Gasteiger partial charge in [0, 0.05) is 11.4 Å². The van der Waals surface area contributed by atoms with E-state index in [9.17, 15) is 22.8 Å². The SMILES string of the molecule is C[C@H](OC(=O)c1ccccc1SC(F)F)C(=O)NCc1ccc(F)cc1. The normalized spacial score (nSPS) is 11.9. The van der Waals surface area contributed by atoms with Gasteiger partial charge in [-0.15, -0.1) is 0 Å². The number of carbonyl (C=O) groups excluding carboxylic acids is 2. The van der Waals surface area contributed by atoms with Gasteiger partial charge in [-0.05, 0) is 36.8 Å². The van der Waals surface area contributed by atoms with Crippen LogP contribution < -0.4 is 5.32 Å². The number of halogens is 3. The van der Waals surface area contributed by atoms with Gasteiger partial charge >= 0.3 is 5.97 Å². The summed E-state index contributed by atoms with van der Waals surface area (Å²) in [5.41, 5.74) is 0.646. The van der Waals surface area contributed by atoms with Gasteiger partial charge in [0.2, 0.25) is 0 Å². The van der Waals surface area contributed by atoms with Gasteiger partial charge < -0.3 is 10.1 Å². The molecule has 0 aliphatic carbocycles. The molecule has 1 atom stereocenters. The highest BCUT2D eigenvalue weighted by Crippen LogP contribution is 2.28. The quantitative estimate of drug-likeness (QED) is 0.580. The summed E-state index contributed by atoms with van der Waals surface area (Å²) in [6.45, 7) is 1.51. The molecule has 0 spiro atoms. The molecule has 138 valence electrons. The maximum absolute atomic E-state index is 12.8. The number of ether oxygens (including phenoxy) is 1. The van der Waals surface area contributed by atoms with E-state index >= 15 is 0 Å². The highest BCUT2D eigenvalue weighted by Gasteiger charge is 2.21. The van der Waals surface area contributed by atoms with Crippen LogP contribution in [0, 0.1) is 5.82 Å². The molecule has 26 heavy (non-hydrogen) atoms. The zero-order valence-electron chi connectivity index (χ0n) is 13.7. The zero-order valence-corrected chi connectivity index (χ0v) is 14.6. The summed E-state index contributed by atoms with van der Waals surface area (Å²) in [5, 5.41) is 2.56. The molecule has 2 aromatic rings. The first-order chi connectivity index (χ1) is 12.4. The molecule has 2 rings (SSSR count). The average Bonchev–Trinajstić information content (AvgIpc) is 2.60. The van der Waals surface area contributed by atoms with Gasteiger partial charge in [-0.3, -0.25) is 4.79 Å². The molecule has 0 fully saturated rings. The van der Waals surface area contributed by atoms with Gasteiger partial charge in [0.25, 0.3) is 11.7 Å². The number of benzene rings is 2. The molecule has 8 heteroatoms. The molecule has 2 aromatic carbocycles. The Labute approximate surface area is 152 Å². The summed E-state index contributed by atoms with van der Waals surface area (Å²) >= 11 is 0.232. The molecule has 0 bridgehead atoms. The topological polar surface area (TPSA) is 55.4 Å². The van der Waals surface area contributed by atoms with Crippen molar-refractivity contribution in [1.82, 2.24) is 5.32 Å². The van der Waals surface area contributed by atoms with Gasteiger partial charge in [0.1, 0.15) is 5.82 Å². The lowest BCUT2D eigenvalue weighted by molar-refractivity contribution is -0.129. The minimum absolute atomic E-state index is 0.0315. The van der Waals surface area contributed by atoms with Crippen LogP contribution in [0.2, 0.25) is 0 Å². The van der Waals surface area contributed by atoms with E-state index in [1.165, 1.54) is 55.5 Å². The summed E-state index contributed by atoms with van der Waals surface area (Å²) in [4.78, 5) is 24.3. The zero-order chi connectivity index (χ0) is 19.1. The maximum Gasteiger partial charge on any atom is 0.340 e. The first kappa shape index (κ1) is 19.8. The van der Waals surface area contributed by atoms with Crippen LogP contribution in [0.15, 0.2) is 53.4 Å². The van der Waals surface area contributed by atoms with Crippen molar-refractivity contribution in [2.75, 3.05) is 0 Å². The van der Waals surface area contributed by atoms with Crippen LogP contribution in [-0.2, 0) is 16.1 Å². The molecule has 4 nitrogen and oxygen atoms in total. The van der Waals surface area contributed by atoms with Crippen molar-refractivity contribution in [2.45, 2.75) is 30.2 Å². The van der Waals surface area contributed by atoms with Crippen molar-refractivity contribution in [2.24, 2.45) is 0 Å². The van der Waals surface area contributed by atoms with Gasteiger partial charge in [0.05, 0.1) is 5.56 Å². The Morgan fingerprint density at radius 1 is 1.12 bits per heavy atom. The van der Waals surface area contributed by atoms with E-state index in [2.05, 4.69) is 5.32 Å². The summed E-state index contributed by atoms with van der Waals surface area (Å²) in [6, 6.07) is 11.4. The Kier molecular flexibility index (Phi) is 7.08. The summed E-state index contributed by atoms with van der Waals surface area (Å²) in [7, 11) is 0.